The second kappa shape index (κ2) is 8.87. The van der Waals surface area contributed by atoms with Crippen LogP contribution in [0.1, 0.15) is 6.92 Å². The highest BCUT2D eigenvalue weighted by molar-refractivity contribution is 5.73. The smallest absolute Gasteiger partial charge is 0.335 e. The maximum absolute atomic E-state index is 11.5. The van der Waals surface area contributed by atoms with E-state index < -0.39 is 73.7 Å². The third-order valence-electron chi connectivity index (χ3n) is 4.82. The van der Waals surface area contributed by atoms with Gasteiger partial charge in [0.05, 0.1) is 18.8 Å². The summed E-state index contributed by atoms with van der Waals surface area (Å²) < 4.78 is 21.7. The average Bonchev–Trinajstić information content (AvgIpc) is 2.62. The molecule has 0 aliphatic carbocycles. The van der Waals surface area contributed by atoms with Gasteiger partial charge in [-0.05, 0) is 14.0 Å². The Balaban J connectivity index is 2.25. The molecule has 152 valence electrons. The van der Waals surface area contributed by atoms with Crippen LogP contribution < -0.4 is 5.32 Å². The number of carbonyl (C=O) groups is 1. The summed E-state index contributed by atoms with van der Waals surface area (Å²) in [6.45, 7) is 0.912. The lowest BCUT2D eigenvalue weighted by Crippen LogP contribution is -2.67. The zero-order valence-electron chi connectivity index (χ0n) is 14.8. The molecule has 26 heavy (non-hydrogen) atoms. The molecular formula is C15H27NO10. The predicted octanol–water partition coefficient (Wildman–Crippen LogP) is -3.35. The number of aliphatic hydroxyl groups excluding tert-OH is 4. The van der Waals surface area contributed by atoms with E-state index in [0.717, 1.165) is 0 Å². The summed E-state index contributed by atoms with van der Waals surface area (Å²) in [5, 5.41) is 52.1. The first-order chi connectivity index (χ1) is 12.3. The summed E-state index contributed by atoms with van der Waals surface area (Å²) in [6, 6.07) is -0.740. The summed E-state index contributed by atoms with van der Waals surface area (Å²) in [5.74, 6) is -1.37. The van der Waals surface area contributed by atoms with Gasteiger partial charge in [0.2, 0.25) is 0 Å². The Morgan fingerprint density at radius 3 is 2.27 bits per heavy atom. The Morgan fingerprint density at radius 1 is 1.12 bits per heavy atom. The number of methoxy groups -OCH3 is 1. The maximum atomic E-state index is 11.5. The first kappa shape index (κ1) is 21.4. The molecule has 0 aromatic rings. The van der Waals surface area contributed by atoms with Gasteiger partial charge in [0, 0.05) is 7.11 Å². The molecule has 2 fully saturated rings. The second-order valence-electron chi connectivity index (χ2n) is 6.41. The molecule has 2 aliphatic rings. The summed E-state index contributed by atoms with van der Waals surface area (Å²) in [6.07, 6.45) is -11.0. The van der Waals surface area contributed by atoms with E-state index in [1.54, 1.807) is 7.05 Å². The number of carboxylic acid groups (broad SMARTS) is 1. The first-order valence-electron chi connectivity index (χ1n) is 8.31. The van der Waals surface area contributed by atoms with Crippen molar-refractivity contribution in [2.24, 2.45) is 0 Å². The largest absolute Gasteiger partial charge is 0.479 e. The molecular weight excluding hydrogens is 354 g/mol. The molecule has 11 nitrogen and oxygen atoms in total. The third-order valence-corrected chi connectivity index (χ3v) is 4.82. The molecule has 6 N–H and O–H groups in total. The van der Waals surface area contributed by atoms with Crippen LogP contribution in [0.3, 0.4) is 0 Å². The fourth-order valence-corrected chi connectivity index (χ4v) is 3.32. The molecule has 2 saturated heterocycles. The Morgan fingerprint density at radius 2 is 1.77 bits per heavy atom. The van der Waals surface area contributed by atoms with Gasteiger partial charge in [-0.15, -0.1) is 0 Å². The maximum Gasteiger partial charge on any atom is 0.335 e. The number of hydrogen-bond donors (Lipinski definition) is 6. The molecule has 0 spiro atoms. The zero-order chi connectivity index (χ0) is 19.6. The van der Waals surface area contributed by atoms with E-state index in [2.05, 4.69) is 5.32 Å². The van der Waals surface area contributed by atoms with Crippen LogP contribution in [0.5, 0.6) is 0 Å². The van der Waals surface area contributed by atoms with Crippen molar-refractivity contribution in [2.75, 3.05) is 20.8 Å². The number of likely N-dealkylation sites (N-methyl/N-ethyl adjacent to an activating group) is 1. The van der Waals surface area contributed by atoms with E-state index in [-0.39, 0.29) is 0 Å². The van der Waals surface area contributed by atoms with Crippen LogP contribution in [-0.4, -0.2) is 113 Å². The number of aliphatic hydroxyl groups is 4. The van der Waals surface area contributed by atoms with E-state index in [1.165, 1.54) is 14.0 Å². The van der Waals surface area contributed by atoms with Gasteiger partial charge in [-0.2, -0.15) is 0 Å². The molecule has 2 heterocycles. The van der Waals surface area contributed by atoms with Crippen LogP contribution in [0.2, 0.25) is 0 Å². The summed E-state index contributed by atoms with van der Waals surface area (Å²) >= 11 is 0. The standard InChI is InChI=1S/C15H27NO10/c1-5-8(18)10(20)12(13(24-5)14(21)22)26-15-7(16-2)11(23-3)9(19)6(4-17)25-15/h5-13,15-20H,4H2,1-3H3,(H,21,22). The van der Waals surface area contributed by atoms with Gasteiger partial charge in [-0.3, -0.25) is 0 Å². The van der Waals surface area contributed by atoms with Gasteiger partial charge < -0.3 is 49.8 Å². The van der Waals surface area contributed by atoms with Crippen LogP contribution in [-0.2, 0) is 23.7 Å². The molecule has 2 aliphatic heterocycles. The van der Waals surface area contributed by atoms with Gasteiger partial charge in [0.25, 0.3) is 0 Å². The molecule has 0 aromatic heterocycles. The van der Waals surface area contributed by atoms with Crippen molar-refractivity contribution in [3.8, 4) is 0 Å². The van der Waals surface area contributed by atoms with Gasteiger partial charge in [0.1, 0.15) is 36.6 Å². The van der Waals surface area contributed by atoms with Gasteiger partial charge in [0.15, 0.2) is 12.4 Å². The summed E-state index contributed by atoms with van der Waals surface area (Å²) in [4.78, 5) is 11.5. The minimum atomic E-state index is -1.54. The zero-order valence-corrected chi connectivity index (χ0v) is 14.8. The lowest BCUT2D eigenvalue weighted by atomic mass is 9.94. The van der Waals surface area contributed by atoms with Gasteiger partial charge in [-0.1, -0.05) is 0 Å². The quantitative estimate of drug-likeness (QED) is 0.272. The van der Waals surface area contributed by atoms with Crippen LogP contribution in [0.25, 0.3) is 0 Å². The normalized spacial score (nSPS) is 46.9. The molecule has 10 unspecified atom stereocenters. The highest BCUT2D eigenvalue weighted by Gasteiger charge is 2.51. The molecule has 10 atom stereocenters. The van der Waals surface area contributed by atoms with Crippen LogP contribution >= 0.6 is 0 Å². The summed E-state index contributed by atoms with van der Waals surface area (Å²) in [5.41, 5.74) is 0. The van der Waals surface area contributed by atoms with E-state index in [1.807, 2.05) is 0 Å². The Labute approximate surface area is 150 Å². The van der Waals surface area contributed by atoms with E-state index in [9.17, 15) is 30.3 Å². The average molecular weight is 381 g/mol. The second-order valence-corrected chi connectivity index (χ2v) is 6.41. The Bertz CT molecular complexity index is 479. The number of ether oxygens (including phenoxy) is 4. The topological polar surface area (TPSA) is 167 Å². The first-order valence-corrected chi connectivity index (χ1v) is 8.31. The number of hydrogen-bond acceptors (Lipinski definition) is 10. The minimum Gasteiger partial charge on any atom is -0.479 e. The van der Waals surface area contributed by atoms with Crippen molar-refractivity contribution in [3.63, 3.8) is 0 Å². The van der Waals surface area contributed by atoms with Crippen molar-refractivity contribution >= 4 is 5.97 Å². The SMILES string of the molecule is CNC1C(OC2C(C(=O)O)OC(C)C(O)C2O)OC(CO)C(O)C1OC. The Hall–Kier alpha value is -0.890. The number of carboxylic acids is 1. The number of nitrogens with one attached hydrogen (secondary N) is 1. The fraction of sp³-hybridized carbons (Fsp3) is 0.933. The van der Waals surface area contributed by atoms with E-state index in [4.69, 9.17) is 18.9 Å². The highest BCUT2D eigenvalue weighted by Crippen LogP contribution is 2.29. The van der Waals surface area contributed by atoms with Crippen molar-refractivity contribution < 1.29 is 49.3 Å². The van der Waals surface area contributed by atoms with Gasteiger partial charge in [-0.25, -0.2) is 4.79 Å². The molecule has 11 heteroatoms. The minimum absolute atomic E-state index is 0.525. The van der Waals surface area contributed by atoms with Crippen molar-refractivity contribution in [1.29, 1.82) is 0 Å². The monoisotopic (exact) mass is 381 g/mol. The Kier molecular flexibility index (Phi) is 7.30. The van der Waals surface area contributed by atoms with E-state index in [0.29, 0.717) is 0 Å². The van der Waals surface area contributed by atoms with Crippen molar-refractivity contribution in [2.45, 2.75) is 68.1 Å². The summed E-state index contributed by atoms with van der Waals surface area (Å²) in [7, 11) is 2.92. The lowest BCUT2D eigenvalue weighted by Gasteiger charge is -2.47. The van der Waals surface area contributed by atoms with Crippen molar-refractivity contribution in [3.05, 3.63) is 0 Å². The van der Waals surface area contributed by atoms with Gasteiger partial charge >= 0.3 is 5.97 Å². The lowest BCUT2D eigenvalue weighted by molar-refractivity contribution is -0.319. The van der Waals surface area contributed by atoms with E-state index >= 15 is 0 Å². The van der Waals surface area contributed by atoms with Crippen LogP contribution in [0.15, 0.2) is 0 Å². The van der Waals surface area contributed by atoms with Crippen LogP contribution in [0, 0.1) is 0 Å². The number of rotatable bonds is 6. The molecule has 2 rings (SSSR count). The fourth-order valence-electron chi connectivity index (χ4n) is 3.32. The molecule has 0 aromatic carbocycles. The molecule has 0 amide bonds. The molecule has 0 bridgehead atoms. The molecule has 0 radical (unpaired) electrons. The highest BCUT2D eigenvalue weighted by atomic mass is 16.7. The third kappa shape index (κ3) is 4.01. The molecule has 0 saturated carbocycles. The van der Waals surface area contributed by atoms with Crippen LogP contribution in [0.4, 0.5) is 0 Å². The predicted molar refractivity (Wildman–Crippen MR) is 84.3 cm³/mol. The number of aliphatic carboxylic acids is 1. The van der Waals surface area contributed by atoms with Crippen molar-refractivity contribution in [1.82, 2.24) is 5.32 Å².